The number of carbonyl (C=O) groups is 1. The van der Waals surface area contributed by atoms with Gasteiger partial charge in [-0.05, 0) is 37.1 Å². The van der Waals surface area contributed by atoms with Gasteiger partial charge in [-0.2, -0.15) is 0 Å². The van der Waals surface area contributed by atoms with Crippen molar-refractivity contribution >= 4 is 16.9 Å². The normalized spacial score (nSPS) is 16.6. The van der Waals surface area contributed by atoms with Crippen molar-refractivity contribution in [2.24, 2.45) is 5.73 Å². The molecule has 0 saturated carbocycles. The van der Waals surface area contributed by atoms with Gasteiger partial charge in [0.05, 0.1) is 6.54 Å². The smallest absolute Gasteiger partial charge is 0.236 e. The van der Waals surface area contributed by atoms with E-state index in [4.69, 9.17) is 5.73 Å². The van der Waals surface area contributed by atoms with E-state index in [9.17, 15) is 4.79 Å². The topological polar surface area (TPSA) is 72.1 Å². The monoisotopic (exact) mass is 270 g/mol. The lowest BCUT2D eigenvalue weighted by molar-refractivity contribution is -0.130. The highest BCUT2D eigenvalue weighted by atomic mass is 16.2. The molecule has 0 unspecified atom stereocenters. The molecule has 5 heteroatoms. The molecule has 1 saturated heterocycles. The summed E-state index contributed by atoms with van der Waals surface area (Å²) in [6.07, 6.45) is 3.65. The predicted octanol–water partition coefficient (Wildman–Crippen LogP) is 1.29. The van der Waals surface area contributed by atoms with Gasteiger partial charge in [-0.15, -0.1) is 0 Å². The van der Waals surface area contributed by atoms with Crippen molar-refractivity contribution in [2.45, 2.75) is 18.8 Å². The Bertz CT molecular complexity index is 620. The molecule has 3 heterocycles. The van der Waals surface area contributed by atoms with Crippen LogP contribution in [0.15, 0.2) is 30.5 Å². The van der Waals surface area contributed by atoms with Crippen LogP contribution in [0.4, 0.5) is 0 Å². The van der Waals surface area contributed by atoms with Crippen LogP contribution >= 0.6 is 0 Å². The zero-order chi connectivity index (χ0) is 13.9. The Kier molecular flexibility index (Phi) is 3.60. The minimum atomic E-state index is 0.0385. The molecule has 1 aliphatic rings. The summed E-state index contributed by atoms with van der Waals surface area (Å²) < 4.78 is 0. The number of rotatable bonds is 2. The van der Waals surface area contributed by atoms with Crippen molar-refractivity contribution in [2.75, 3.05) is 19.6 Å². The van der Waals surface area contributed by atoms with Gasteiger partial charge in [0, 0.05) is 36.3 Å². The van der Waals surface area contributed by atoms with Crippen LogP contribution in [0.3, 0.4) is 0 Å². The van der Waals surface area contributed by atoms with E-state index < -0.39 is 0 Å². The van der Waals surface area contributed by atoms with E-state index in [2.05, 4.69) is 22.1 Å². The Morgan fingerprint density at radius 1 is 1.30 bits per heavy atom. The van der Waals surface area contributed by atoms with Crippen molar-refractivity contribution in [1.82, 2.24) is 14.9 Å². The van der Waals surface area contributed by atoms with Crippen LogP contribution < -0.4 is 5.73 Å². The van der Waals surface area contributed by atoms with Crippen LogP contribution in [-0.4, -0.2) is 40.4 Å². The summed E-state index contributed by atoms with van der Waals surface area (Å²) in [6.45, 7) is 1.63. The minimum absolute atomic E-state index is 0.0385. The molecule has 20 heavy (non-hydrogen) atoms. The van der Waals surface area contributed by atoms with E-state index in [1.165, 1.54) is 0 Å². The number of aromatic nitrogens is 2. The first-order chi connectivity index (χ1) is 9.78. The second-order valence-corrected chi connectivity index (χ2v) is 5.15. The highest BCUT2D eigenvalue weighted by Gasteiger charge is 2.23. The van der Waals surface area contributed by atoms with Gasteiger partial charge in [0.25, 0.3) is 0 Å². The number of nitrogens with zero attached hydrogens (tertiary/aromatic N) is 3. The zero-order valence-corrected chi connectivity index (χ0v) is 11.3. The third kappa shape index (κ3) is 2.49. The lowest BCUT2D eigenvalue weighted by Gasteiger charge is -2.31. The van der Waals surface area contributed by atoms with Crippen LogP contribution in [0.2, 0.25) is 0 Å². The molecule has 2 N–H and O–H groups in total. The number of amides is 1. The number of nitrogens with two attached hydrogens (primary N) is 1. The van der Waals surface area contributed by atoms with Gasteiger partial charge in [0.15, 0.2) is 5.65 Å². The molecule has 3 rings (SSSR count). The molecule has 0 radical (unpaired) electrons. The lowest BCUT2D eigenvalue weighted by atomic mass is 9.93. The first kappa shape index (κ1) is 13.0. The SMILES string of the molecule is NCC(=O)N1CCC(c2ccc3cccnc3n2)CC1. The van der Waals surface area contributed by atoms with Gasteiger partial charge >= 0.3 is 0 Å². The van der Waals surface area contributed by atoms with Gasteiger partial charge in [0.1, 0.15) is 0 Å². The number of piperidine rings is 1. The van der Waals surface area contributed by atoms with E-state index in [1.54, 1.807) is 6.20 Å². The minimum Gasteiger partial charge on any atom is -0.342 e. The molecule has 1 amide bonds. The van der Waals surface area contributed by atoms with E-state index in [0.29, 0.717) is 5.92 Å². The average molecular weight is 270 g/mol. The maximum absolute atomic E-state index is 11.6. The first-order valence-corrected chi connectivity index (χ1v) is 6.97. The number of hydrogen-bond donors (Lipinski definition) is 1. The number of hydrogen-bond acceptors (Lipinski definition) is 4. The van der Waals surface area contributed by atoms with Crippen molar-refractivity contribution < 1.29 is 4.79 Å². The Morgan fingerprint density at radius 3 is 2.85 bits per heavy atom. The summed E-state index contributed by atoms with van der Waals surface area (Å²) >= 11 is 0. The number of pyridine rings is 2. The molecule has 104 valence electrons. The number of likely N-dealkylation sites (tertiary alicyclic amines) is 1. The van der Waals surface area contributed by atoms with Crippen LogP contribution in [0.5, 0.6) is 0 Å². The fraction of sp³-hybridized carbons (Fsp3) is 0.400. The molecule has 2 aromatic heterocycles. The van der Waals surface area contributed by atoms with Crippen molar-refractivity contribution in [3.63, 3.8) is 0 Å². The summed E-state index contributed by atoms with van der Waals surface area (Å²) in [5.74, 6) is 0.444. The van der Waals surface area contributed by atoms with Crippen LogP contribution in [0.1, 0.15) is 24.5 Å². The lowest BCUT2D eigenvalue weighted by Crippen LogP contribution is -2.41. The van der Waals surface area contributed by atoms with Crippen molar-refractivity contribution in [3.05, 3.63) is 36.2 Å². The van der Waals surface area contributed by atoms with Gasteiger partial charge in [-0.3, -0.25) is 4.79 Å². The largest absolute Gasteiger partial charge is 0.342 e. The second-order valence-electron chi connectivity index (χ2n) is 5.15. The average Bonchev–Trinajstić information content (AvgIpc) is 2.54. The second kappa shape index (κ2) is 5.54. The summed E-state index contributed by atoms with van der Waals surface area (Å²) in [5.41, 5.74) is 7.28. The maximum Gasteiger partial charge on any atom is 0.236 e. The molecule has 1 fully saturated rings. The van der Waals surface area contributed by atoms with E-state index in [1.807, 2.05) is 17.0 Å². The Balaban J connectivity index is 1.75. The molecular formula is C15H18N4O. The van der Waals surface area contributed by atoms with E-state index >= 15 is 0 Å². The molecule has 5 nitrogen and oxygen atoms in total. The molecule has 0 bridgehead atoms. The molecular weight excluding hydrogens is 252 g/mol. The summed E-state index contributed by atoms with van der Waals surface area (Å²) in [4.78, 5) is 22.4. The summed E-state index contributed by atoms with van der Waals surface area (Å²) in [7, 11) is 0. The molecule has 0 aromatic carbocycles. The first-order valence-electron chi connectivity index (χ1n) is 6.97. The zero-order valence-electron chi connectivity index (χ0n) is 11.3. The molecule has 1 aliphatic heterocycles. The van der Waals surface area contributed by atoms with Crippen LogP contribution in [0.25, 0.3) is 11.0 Å². The Hall–Kier alpha value is -2.01. The number of fused-ring (bicyclic) bond motifs is 1. The fourth-order valence-electron chi connectivity index (χ4n) is 2.75. The standard InChI is InChI=1S/C15H18N4O/c16-10-14(20)19-8-5-11(6-9-19)13-4-3-12-2-1-7-17-15(12)18-13/h1-4,7,11H,5-6,8-10,16H2. The molecule has 0 aliphatic carbocycles. The van der Waals surface area contributed by atoms with Crippen molar-refractivity contribution in [3.8, 4) is 0 Å². The fourth-order valence-corrected chi connectivity index (χ4v) is 2.75. The highest BCUT2D eigenvalue weighted by Crippen LogP contribution is 2.27. The number of carbonyl (C=O) groups excluding carboxylic acids is 1. The summed E-state index contributed by atoms with van der Waals surface area (Å²) in [6, 6.07) is 8.08. The van der Waals surface area contributed by atoms with E-state index in [0.717, 1.165) is 42.7 Å². The molecule has 0 spiro atoms. The molecule has 2 aromatic rings. The van der Waals surface area contributed by atoms with Gasteiger partial charge in [0.2, 0.25) is 5.91 Å². The van der Waals surface area contributed by atoms with Gasteiger partial charge in [-0.25, -0.2) is 9.97 Å². The van der Waals surface area contributed by atoms with Gasteiger partial charge < -0.3 is 10.6 Å². The maximum atomic E-state index is 11.6. The van der Waals surface area contributed by atoms with Crippen molar-refractivity contribution in [1.29, 1.82) is 0 Å². The van der Waals surface area contributed by atoms with Crippen LogP contribution in [-0.2, 0) is 4.79 Å². The Morgan fingerprint density at radius 2 is 2.10 bits per heavy atom. The predicted molar refractivity (Wildman–Crippen MR) is 77.1 cm³/mol. The Labute approximate surface area is 117 Å². The quantitative estimate of drug-likeness (QED) is 0.892. The third-order valence-electron chi connectivity index (χ3n) is 3.93. The van der Waals surface area contributed by atoms with Crippen LogP contribution in [0, 0.1) is 0 Å². The molecule has 0 atom stereocenters. The summed E-state index contributed by atoms with van der Waals surface area (Å²) in [5, 5.41) is 1.06. The van der Waals surface area contributed by atoms with E-state index in [-0.39, 0.29) is 12.5 Å². The third-order valence-corrected chi connectivity index (χ3v) is 3.93. The highest BCUT2D eigenvalue weighted by molar-refractivity contribution is 5.78. The van der Waals surface area contributed by atoms with Gasteiger partial charge in [-0.1, -0.05) is 0 Å².